The normalized spacial score (nSPS) is 29.9. The van der Waals surface area contributed by atoms with Crippen molar-refractivity contribution in [1.82, 2.24) is 10.2 Å². The van der Waals surface area contributed by atoms with Crippen molar-refractivity contribution in [1.29, 1.82) is 0 Å². The molecule has 0 saturated carbocycles. The van der Waals surface area contributed by atoms with Crippen molar-refractivity contribution in [2.75, 3.05) is 26.2 Å². The zero-order valence-electron chi connectivity index (χ0n) is 10.5. The first-order valence-electron chi connectivity index (χ1n) is 6.83. The molecule has 2 aliphatic rings. The van der Waals surface area contributed by atoms with Crippen LogP contribution >= 0.6 is 0 Å². The molecular formula is C15H22N2. The van der Waals surface area contributed by atoms with Crippen LogP contribution in [0.2, 0.25) is 0 Å². The topological polar surface area (TPSA) is 15.3 Å². The second-order valence-corrected chi connectivity index (χ2v) is 5.73. The second kappa shape index (κ2) is 4.79. The first-order valence-corrected chi connectivity index (χ1v) is 6.83. The minimum Gasteiger partial charge on any atom is -0.316 e. The Balaban J connectivity index is 1.60. The third-order valence-electron chi connectivity index (χ3n) is 4.33. The van der Waals surface area contributed by atoms with Crippen LogP contribution in [-0.2, 0) is 6.54 Å². The smallest absolute Gasteiger partial charge is 0.0233 e. The Morgan fingerprint density at radius 3 is 2.82 bits per heavy atom. The van der Waals surface area contributed by atoms with Gasteiger partial charge in [-0.15, -0.1) is 0 Å². The Morgan fingerprint density at radius 2 is 2.06 bits per heavy atom. The maximum Gasteiger partial charge on any atom is 0.0233 e. The van der Waals surface area contributed by atoms with Crippen molar-refractivity contribution in [2.45, 2.75) is 25.8 Å². The summed E-state index contributed by atoms with van der Waals surface area (Å²) in [7, 11) is 0. The fourth-order valence-electron chi connectivity index (χ4n) is 3.38. The standard InChI is InChI=1S/C15H22N2/c1-2-5-14(6-3-1)11-17-10-8-15(13-17)7-4-9-16-12-15/h1-3,5-6,16H,4,7-13H2. The van der Waals surface area contributed by atoms with Crippen LogP contribution in [0, 0.1) is 5.41 Å². The zero-order valence-corrected chi connectivity index (χ0v) is 10.5. The van der Waals surface area contributed by atoms with E-state index in [4.69, 9.17) is 0 Å². The highest BCUT2D eigenvalue weighted by atomic mass is 15.2. The number of nitrogens with zero attached hydrogens (tertiary/aromatic N) is 1. The van der Waals surface area contributed by atoms with E-state index >= 15 is 0 Å². The molecule has 92 valence electrons. The summed E-state index contributed by atoms with van der Waals surface area (Å²) < 4.78 is 0. The average Bonchev–Trinajstić information content (AvgIpc) is 2.74. The molecule has 1 spiro atoms. The second-order valence-electron chi connectivity index (χ2n) is 5.73. The van der Waals surface area contributed by atoms with Gasteiger partial charge in [0.25, 0.3) is 0 Å². The van der Waals surface area contributed by atoms with E-state index in [1.165, 1.54) is 51.0 Å². The van der Waals surface area contributed by atoms with Crippen molar-refractivity contribution >= 4 is 0 Å². The Kier molecular flexibility index (Phi) is 3.17. The quantitative estimate of drug-likeness (QED) is 0.838. The molecule has 2 fully saturated rings. The van der Waals surface area contributed by atoms with Gasteiger partial charge in [0.2, 0.25) is 0 Å². The largest absolute Gasteiger partial charge is 0.316 e. The number of likely N-dealkylation sites (tertiary alicyclic amines) is 1. The lowest BCUT2D eigenvalue weighted by Gasteiger charge is -2.34. The highest BCUT2D eigenvalue weighted by Gasteiger charge is 2.38. The molecule has 2 aliphatic heterocycles. The Hall–Kier alpha value is -0.860. The van der Waals surface area contributed by atoms with Gasteiger partial charge in [-0.2, -0.15) is 0 Å². The van der Waals surface area contributed by atoms with Gasteiger partial charge in [0.05, 0.1) is 0 Å². The summed E-state index contributed by atoms with van der Waals surface area (Å²) in [6.45, 7) is 6.15. The Bertz CT molecular complexity index is 354. The third kappa shape index (κ3) is 2.53. The van der Waals surface area contributed by atoms with Crippen LogP contribution in [0.15, 0.2) is 30.3 Å². The molecule has 3 rings (SSSR count). The van der Waals surface area contributed by atoms with Gasteiger partial charge in [-0.1, -0.05) is 30.3 Å². The highest BCUT2D eigenvalue weighted by Crippen LogP contribution is 2.36. The van der Waals surface area contributed by atoms with Crippen molar-refractivity contribution in [3.05, 3.63) is 35.9 Å². The fourth-order valence-corrected chi connectivity index (χ4v) is 3.38. The minimum absolute atomic E-state index is 0.590. The van der Waals surface area contributed by atoms with E-state index in [0.29, 0.717) is 5.41 Å². The predicted octanol–water partition coefficient (Wildman–Crippen LogP) is 2.26. The summed E-state index contributed by atoms with van der Waals surface area (Å²) >= 11 is 0. The molecule has 0 bridgehead atoms. The van der Waals surface area contributed by atoms with Gasteiger partial charge in [0, 0.05) is 19.6 Å². The predicted molar refractivity (Wildman–Crippen MR) is 70.9 cm³/mol. The average molecular weight is 230 g/mol. The van der Waals surface area contributed by atoms with Crippen molar-refractivity contribution in [3.63, 3.8) is 0 Å². The molecule has 0 amide bonds. The number of hydrogen-bond donors (Lipinski definition) is 1. The Labute approximate surface area is 104 Å². The molecule has 1 aromatic rings. The van der Waals surface area contributed by atoms with E-state index in [1.807, 2.05) is 0 Å². The van der Waals surface area contributed by atoms with Gasteiger partial charge in [-0.3, -0.25) is 4.90 Å². The van der Waals surface area contributed by atoms with E-state index in [2.05, 4.69) is 40.5 Å². The van der Waals surface area contributed by atoms with Crippen molar-refractivity contribution in [2.24, 2.45) is 5.41 Å². The van der Waals surface area contributed by atoms with E-state index in [-0.39, 0.29) is 0 Å². The molecule has 1 N–H and O–H groups in total. The van der Waals surface area contributed by atoms with Gasteiger partial charge in [-0.25, -0.2) is 0 Å². The van der Waals surface area contributed by atoms with Gasteiger partial charge in [-0.05, 0) is 43.3 Å². The molecular weight excluding hydrogens is 208 g/mol. The van der Waals surface area contributed by atoms with Crippen LogP contribution in [0.25, 0.3) is 0 Å². The minimum atomic E-state index is 0.590. The fraction of sp³-hybridized carbons (Fsp3) is 0.600. The summed E-state index contributed by atoms with van der Waals surface area (Å²) in [5.74, 6) is 0. The molecule has 0 aromatic heterocycles. The van der Waals surface area contributed by atoms with E-state index in [9.17, 15) is 0 Å². The molecule has 1 unspecified atom stereocenters. The van der Waals surface area contributed by atoms with E-state index in [0.717, 1.165) is 6.54 Å². The summed E-state index contributed by atoms with van der Waals surface area (Å²) in [6, 6.07) is 10.9. The van der Waals surface area contributed by atoms with Crippen LogP contribution in [0.1, 0.15) is 24.8 Å². The van der Waals surface area contributed by atoms with E-state index in [1.54, 1.807) is 0 Å². The molecule has 17 heavy (non-hydrogen) atoms. The van der Waals surface area contributed by atoms with Crippen LogP contribution in [-0.4, -0.2) is 31.1 Å². The molecule has 1 aromatic carbocycles. The number of nitrogens with one attached hydrogen (secondary N) is 1. The van der Waals surface area contributed by atoms with Gasteiger partial charge in [0.1, 0.15) is 0 Å². The van der Waals surface area contributed by atoms with Crippen LogP contribution in [0.3, 0.4) is 0 Å². The Morgan fingerprint density at radius 1 is 1.18 bits per heavy atom. The SMILES string of the molecule is c1ccc(CN2CCC3(CCCNC3)C2)cc1. The molecule has 2 nitrogen and oxygen atoms in total. The number of piperidine rings is 1. The summed E-state index contributed by atoms with van der Waals surface area (Å²) in [5, 5.41) is 3.58. The summed E-state index contributed by atoms with van der Waals surface area (Å²) in [5.41, 5.74) is 2.04. The molecule has 0 radical (unpaired) electrons. The monoisotopic (exact) mass is 230 g/mol. The first kappa shape index (κ1) is 11.2. The zero-order chi connectivity index (χ0) is 11.6. The lowest BCUT2D eigenvalue weighted by Crippen LogP contribution is -2.41. The summed E-state index contributed by atoms with van der Waals surface area (Å²) in [6.07, 6.45) is 4.16. The molecule has 2 saturated heterocycles. The maximum atomic E-state index is 3.58. The van der Waals surface area contributed by atoms with Crippen LogP contribution in [0.5, 0.6) is 0 Å². The molecule has 0 aliphatic carbocycles. The van der Waals surface area contributed by atoms with Gasteiger partial charge >= 0.3 is 0 Å². The lowest BCUT2D eigenvalue weighted by molar-refractivity contribution is 0.199. The third-order valence-corrected chi connectivity index (χ3v) is 4.33. The lowest BCUT2D eigenvalue weighted by atomic mass is 9.80. The van der Waals surface area contributed by atoms with Crippen molar-refractivity contribution < 1.29 is 0 Å². The number of rotatable bonds is 2. The molecule has 2 heterocycles. The number of benzene rings is 1. The van der Waals surface area contributed by atoms with Gasteiger partial charge in [0.15, 0.2) is 0 Å². The van der Waals surface area contributed by atoms with E-state index < -0.39 is 0 Å². The first-order chi connectivity index (χ1) is 8.36. The maximum absolute atomic E-state index is 3.58. The molecule has 1 atom stereocenters. The van der Waals surface area contributed by atoms with Crippen molar-refractivity contribution in [3.8, 4) is 0 Å². The van der Waals surface area contributed by atoms with Crippen LogP contribution < -0.4 is 5.32 Å². The molecule has 2 heteroatoms. The van der Waals surface area contributed by atoms with Crippen LogP contribution in [0.4, 0.5) is 0 Å². The summed E-state index contributed by atoms with van der Waals surface area (Å²) in [4.78, 5) is 2.63. The highest BCUT2D eigenvalue weighted by molar-refractivity contribution is 5.15. The number of hydrogen-bond acceptors (Lipinski definition) is 2. The van der Waals surface area contributed by atoms with Gasteiger partial charge < -0.3 is 5.32 Å².